The predicted molar refractivity (Wildman–Crippen MR) is 132 cm³/mol. The minimum Gasteiger partial charge on any atom is -0.489 e. The lowest BCUT2D eigenvalue weighted by atomic mass is 9.93. The third-order valence-corrected chi connectivity index (χ3v) is 5.71. The van der Waals surface area contributed by atoms with Gasteiger partial charge < -0.3 is 10.1 Å². The predicted octanol–water partition coefficient (Wildman–Crippen LogP) is 7.18. The summed E-state index contributed by atoms with van der Waals surface area (Å²) >= 11 is 0. The number of rotatable bonds is 10. The van der Waals surface area contributed by atoms with Gasteiger partial charge in [0.05, 0.1) is 6.04 Å². The maximum atomic E-state index is 13.7. The number of amides is 1. The van der Waals surface area contributed by atoms with Gasteiger partial charge in [-0.25, -0.2) is 4.39 Å². The summed E-state index contributed by atoms with van der Waals surface area (Å²) in [6.45, 7) is 8.65. The normalized spacial score (nSPS) is 11.9. The SMILES string of the molecule is CCCc1ccc(COc2ccccc2)cc1C(=O)NC(CC(C)C)c1ccc(F)cc1C. The molecular weight excluding hydrogens is 413 g/mol. The standard InChI is InChI=1S/C29H34FNO2/c1-5-9-23-13-12-22(19-33-25-10-7-6-8-11-25)18-27(23)29(32)31-28(16-20(2)3)26-15-14-24(30)17-21(26)4/h6-8,10-15,17-18,20,28H,5,9,16,19H2,1-4H3,(H,31,32). The van der Waals surface area contributed by atoms with E-state index in [1.54, 1.807) is 6.07 Å². The van der Waals surface area contributed by atoms with Gasteiger partial charge in [-0.1, -0.05) is 63.6 Å². The number of benzene rings is 3. The summed E-state index contributed by atoms with van der Waals surface area (Å²) in [6, 6.07) is 20.2. The summed E-state index contributed by atoms with van der Waals surface area (Å²) in [5.74, 6) is 0.807. The van der Waals surface area contributed by atoms with Gasteiger partial charge >= 0.3 is 0 Å². The van der Waals surface area contributed by atoms with Crippen LogP contribution in [-0.2, 0) is 13.0 Å². The molecule has 0 aliphatic rings. The molecule has 0 aliphatic heterocycles. The van der Waals surface area contributed by atoms with E-state index in [9.17, 15) is 9.18 Å². The average molecular weight is 448 g/mol. The van der Waals surface area contributed by atoms with E-state index in [2.05, 4.69) is 26.1 Å². The highest BCUT2D eigenvalue weighted by atomic mass is 19.1. The number of carbonyl (C=O) groups is 1. The van der Waals surface area contributed by atoms with Crippen LogP contribution in [-0.4, -0.2) is 5.91 Å². The fraction of sp³-hybridized carbons (Fsp3) is 0.345. The van der Waals surface area contributed by atoms with E-state index >= 15 is 0 Å². The molecule has 0 aromatic heterocycles. The number of ether oxygens (including phenoxy) is 1. The summed E-state index contributed by atoms with van der Waals surface area (Å²) in [5, 5.41) is 3.24. The molecule has 1 atom stereocenters. The first-order chi connectivity index (χ1) is 15.9. The number of carbonyl (C=O) groups excluding carboxylic acids is 1. The zero-order valence-electron chi connectivity index (χ0n) is 20.0. The van der Waals surface area contributed by atoms with Gasteiger partial charge in [0.15, 0.2) is 0 Å². The third-order valence-electron chi connectivity index (χ3n) is 5.71. The fourth-order valence-corrected chi connectivity index (χ4v) is 4.10. The van der Waals surface area contributed by atoms with Gasteiger partial charge in [0, 0.05) is 5.56 Å². The van der Waals surface area contributed by atoms with E-state index in [4.69, 9.17) is 4.74 Å². The molecule has 1 unspecified atom stereocenters. The molecular formula is C29H34FNO2. The van der Waals surface area contributed by atoms with E-state index in [1.165, 1.54) is 12.1 Å². The maximum absolute atomic E-state index is 13.7. The van der Waals surface area contributed by atoms with Crippen molar-refractivity contribution in [3.63, 3.8) is 0 Å². The molecule has 33 heavy (non-hydrogen) atoms. The van der Waals surface area contributed by atoms with Crippen molar-refractivity contribution in [3.05, 3.63) is 100 Å². The number of hydrogen-bond donors (Lipinski definition) is 1. The summed E-state index contributed by atoms with van der Waals surface area (Å²) in [4.78, 5) is 13.5. The molecule has 0 saturated carbocycles. The van der Waals surface area contributed by atoms with E-state index in [1.807, 2.05) is 55.5 Å². The van der Waals surface area contributed by atoms with Crippen molar-refractivity contribution in [2.45, 2.75) is 59.6 Å². The lowest BCUT2D eigenvalue weighted by Gasteiger charge is -2.24. The summed E-state index contributed by atoms with van der Waals surface area (Å²) in [6.07, 6.45) is 2.55. The molecule has 0 bridgehead atoms. The second-order valence-electron chi connectivity index (χ2n) is 9.00. The first kappa shape index (κ1) is 24.5. The zero-order chi connectivity index (χ0) is 23.8. The van der Waals surface area contributed by atoms with Crippen molar-refractivity contribution in [2.75, 3.05) is 0 Å². The number of halogens is 1. The van der Waals surface area contributed by atoms with Crippen LogP contribution >= 0.6 is 0 Å². The molecule has 0 spiro atoms. The lowest BCUT2D eigenvalue weighted by Crippen LogP contribution is -2.31. The highest BCUT2D eigenvalue weighted by molar-refractivity contribution is 5.96. The summed E-state index contributed by atoms with van der Waals surface area (Å²) in [7, 11) is 0. The fourth-order valence-electron chi connectivity index (χ4n) is 4.10. The lowest BCUT2D eigenvalue weighted by molar-refractivity contribution is 0.0930. The van der Waals surface area contributed by atoms with Gasteiger partial charge in [-0.3, -0.25) is 4.79 Å². The Kier molecular flexibility index (Phi) is 8.65. The van der Waals surface area contributed by atoms with Crippen molar-refractivity contribution in [3.8, 4) is 5.75 Å². The average Bonchev–Trinajstić information content (AvgIpc) is 2.78. The number of nitrogens with one attached hydrogen (secondary N) is 1. The van der Waals surface area contributed by atoms with Crippen LogP contribution in [0.4, 0.5) is 4.39 Å². The van der Waals surface area contributed by atoms with E-state index in [0.29, 0.717) is 18.1 Å². The van der Waals surface area contributed by atoms with Gasteiger partial charge in [-0.05, 0) is 78.3 Å². The van der Waals surface area contributed by atoms with Gasteiger partial charge in [-0.15, -0.1) is 0 Å². The summed E-state index contributed by atoms with van der Waals surface area (Å²) in [5.41, 5.74) is 4.46. The Balaban J connectivity index is 1.85. The highest BCUT2D eigenvalue weighted by Crippen LogP contribution is 2.26. The quantitative estimate of drug-likeness (QED) is 0.357. The Bertz CT molecular complexity index is 1060. The third kappa shape index (κ3) is 6.92. The van der Waals surface area contributed by atoms with Crippen molar-refractivity contribution in [1.82, 2.24) is 5.32 Å². The second kappa shape index (κ2) is 11.6. The van der Waals surface area contributed by atoms with Gasteiger partial charge in [0.2, 0.25) is 0 Å². The molecule has 3 rings (SSSR count). The minimum atomic E-state index is -0.262. The van der Waals surface area contributed by atoms with Gasteiger partial charge in [0.25, 0.3) is 5.91 Å². The minimum absolute atomic E-state index is 0.102. The van der Waals surface area contributed by atoms with Crippen molar-refractivity contribution < 1.29 is 13.9 Å². The van der Waals surface area contributed by atoms with Crippen molar-refractivity contribution in [2.24, 2.45) is 5.92 Å². The Morgan fingerprint density at radius 1 is 1.03 bits per heavy atom. The number of hydrogen-bond acceptors (Lipinski definition) is 2. The van der Waals surface area contributed by atoms with E-state index < -0.39 is 0 Å². The molecule has 3 nitrogen and oxygen atoms in total. The highest BCUT2D eigenvalue weighted by Gasteiger charge is 2.21. The summed E-state index contributed by atoms with van der Waals surface area (Å²) < 4.78 is 19.6. The van der Waals surface area contributed by atoms with Crippen molar-refractivity contribution >= 4 is 5.91 Å². The van der Waals surface area contributed by atoms with Crippen LogP contribution < -0.4 is 10.1 Å². The molecule has 3 aromatic rings. The van der Waals surface area contributed by atoms with Crippen LogP contribution in [0, 0.1) is 18.7 Å². The smallest absolute Gasteiger partial charge is 0.252 e. The molecule has 0 aliphatic carbocycles. The second-order valence-corrected chi connectivity index (χ2v) is 9.00. The molecule has 174 valence electrons. The number of para-hydroxylation sites is 1. The Hall–Kier alpha value is -3.14. The van der Waals surface area contributed by atoms with Crippen LogP contribution in [0.15, 0.2) is 66.7 Å². The molecule has 1 amide bonds. The molecule has 0 radical (unpaired) electrons. The molecule has 0 saturated heterocycles. The van der Waals surface area contributed by atoms with Crippen LogP contribution in [0.2, 0.25) is 0 Å². The molecule has 1 N–H and O–H groups in total. The topological polar surface area (TPSA) is 38.3 Å². The van der Waals surface area contributed by atoms with Crippen molar-refractivity contribution in [1.29, 1.82) is 0 Å². The molecule has 3 aromatic carbocycles. The van der Waals surface area contributed by atoms with Crippen LogP contribution in [0.5, 0.6) is 5.75 Å². The first-order valence-corrected chi connectivity index (χ1v) is 11.7. The van der Waals surface area contributed by atoms with Crippen LogP contribution in [0.3, 0.4) is 0 Å². The number of aryl methyl sites for hydroxylation is 2. The Morgan fingerprint density at radius 3 is 2.45 bits per heavy atom. The zero-order valence-corrected chi connectivity index (χ0v) is 20.0. The molecule has 4 heteroatoms. The van der Waals surface area contributed by atoms with E-state index in [0.717, 1.165) is 47.3 Å². The molecule has 0 heterocycles. The van der Waals surface area contributed by atoms with E-state index in [-0.39, 0.29) is 17.8 Å². The van der Waals surface area contributed by atoms with Gasteiger partial charge in [-0.2, -0.15) is 0 Å². The Morgan fingerprint density at radius 2 is 1.79 bits per heavy atom. The first-order valence-electron chi connectivity index (χ1n) is 11.7. The monoisotopic (exact) mass is 447 g/mol. The Labute approximate surface area is 197 Å². The van der Waals surface area contributed by atoms with Crippen LogP contribution in [0.1, 0.15) is 72.3 Å². The molecule has 0 fully saturated rings. The van der Waals surface area contributed by atoms with Gasteiger partial charge in [0.1, 0.15) is 18.2 Å². The largest absolute Gasteiger partial charge is 0.489 e. The maximum Gasteiger partial charge on any atom is 0.252 e. The van der Waals surface area contributed by atoms with Crippen LogP contribution in [0.25, 0.3) is 0 Å².